The van der Waals surface area contributed by atoms with Crippen molar-refractivity contribution in [1.82, 2.24) is 10.2 Å². The summed E-state index contributed by atoms with van der Waals surface area (Å²) >= 11 is 6.05. The van der Waals surface area contributed by atoms with Gasteiger partial charge in [0.15, 0.2) is 0 Å². The molecule has 2 heterocycles. The largest absolute Gasteiger partial charge is 0.329 e. The van der Waals surface area contributed by atoms with Crippen LogP contribution < -0.4 is 10.0 Å². The first kappa shape index (κ1) is 20.4. The average Bonchev–Trinajstić information content (AvgIpc) is 2.99. The van der Waals surface area contributed by atoms with Crippen LogP contribution in [0, 0.1) is 6.92 Å². The Kier molecular flexibility index (Phi) is 5.07. The van der Waals surface area contributed by atoms with Gasteiger partial charge < -0.3 is 10.2 Å². The number of fused-ring (bicyclic) bond motifs is 1. The summed E-state index contributed by atoms with van der Waals surface area (Å²) < 4.78 is 27.9. The monoisotopic (exact) mass is 445 g/mol. The molecule has 9 heteroatoms. The summed E-state index contributed by atoms with van der Waals surface area (Å²) in [7, 11) is -3.84. The molecule has 2 N–H and O–H groups in total. The van der Waals surface area contributed by atoms with Crippen molar-refractivity contribution in [2.45, 2.75) is 37.2 Å². The van der Waals surface area contributed by atoms with Gasteiger partial charge in [-0.05, 0) is 61.2 Å². The van der Waals surface area contributed by atoms with E-state index in [2.05, 4.69) is 16.6 Å². The minimum Gasteiger partial charge on any atom is -0.329 e. The molecule has 1 saturated heterocycles. The highest BCUT2D eigenvalue weighted by atomic mass is 35.5. The highest BCUT2D eigenvalue weighted by Crippen LogP contribution is 2.31. The van der Waals surface area contributed by atoms with Gasteiger partial charge in [-0.2, -0.15) is 0 Å². The molecular formula is C21H20ClN3O4S. The zero-order valence-corrected chi connectivity index (χ0v) is 17.8. The van der Waals surface area contributed by atoms with Crippen LogP contribution in [-0.4, -0.2) is 31.2 Å². The number of nitrogens with zero attached hydrogens (tertiary/aromatic N) is 1. The first-order chi connectivity index (χ1) is 14.2. The van der Waals surface area contributed by atoms with Crippen LogP contribution in [0.15, 0.2) is 53.6 Å². The van der Waals surface area contributed by atoms with Gasteiger partial charge in [0.1, 0.15) is 6.04 Å². The Hall–Kier alpha value is -2.84. The van der Waals surface area contributed by atoms with Crippen molar-refractivity contribution in [1.29, 1.82) is 0 Å². The molecule has 156 valence electrons. The molecule has 2 aliphatic heterocycles. The molecule has 0 spiro atoms. The fourth-order valence-electron chi connectivity index (χ4n) is 3.67. The number of sulfonamides is 1. The van der Waals surface area contributed by atoms with Crippen LogP contribution in [0.4, 0.5) is 5.69 Å². The molecule has 2 aliphatic rings. The van der Waals surface area contributed by atoms with E-state index in [9.17, 15) is 18.0 Å². The van der Waals surface area contributed by atoms with Crippen LogP contribution in [-0.2, 0) is 21.4 Å². The molecule has 0 bridgehead atoms. The van der Waals surface area contributed by atoms with Crippen LogP contribution in [0.1, 0.15) is 34.3 Å². The lowest BCUT2D eigenvalue weighted by atomic mass is 10.0. The molecule has 2 aromatic carbocycles. The number of piperidine rings is 1. The summed E-state index contributed by atoms with van der Waals surface area (Å²) in [6.45, 7) is 5.79. The second-order valence-electron chi connectivity index (χ2n) is 7.47. The quantitative estimate of drug-likeness (QED) is 0.755. The van der Waals surface area contributed by atoms with Gasteiger partial charge in [-0.3, -0.25) is 14.3 Å². The zero-order valence-electron chi connectivity index (χ0n) is 16.2. The minimum atomic E-state index is -3.84. The second-order valence-corrected chi connectivity index (χ2v) is 9.56. The van der Waals surface area contributed by atoms with Crippen LogP contribution in [0.25, 0.3) is 0 Å². The maximum absolute atomic E-state index is 12.8. The number of aryl methyl sites for hydroxylation is 1. The molecule has 7 nitrogen and oxygen atoms in total. The number of hydrogen-bond acceptors (Lipinski definition) is 4. The van der Waals surface area contributed by atoms with E-state index in [1.807, 2.05) is 0 Å². The third kappa shape index (κ3) is 3.68. The standard InChI is InChI=1S/C21H20ClN3O4S/c1-12-3-6-16(10-18(12)22)30(28,29)24-15-5-7-17-14(9-15)11-25(21(17)27)19-8-4-13(2)23-20(19)26/h3,5-7,9-10,19,24H,2,4,8,11H2,1H3,(H,23,26). The van der Waals surface area contributed by atoms with Crippen molar-refractivity contribution in [3.8, 4) is 0 Å². The van der Waals surface area contributed by atoms with Crippen molar-refractivity contribution in [3.05, 3.63) is 70.4 Å². The summed E-state index contributed by atoms with van der Waals surface area (Å²) in [5, 5.41) is 3.06. The summed E-state index contributed by atoms with van der Waals surface area (Å²) in [6, 6.07) is 8.70. The lowest BCUT2D eigenvalue weighted by Gasteiger charge is -2.30. The van der Waals surface area contributed by atoms with Gasteiger partial charge in [-0.1, -0.05) is 24.2 Å². The molecule has 2 amide bonds. The average molecular weight is 446 g/mol. The van der Waals surface area contributed by atoms with E-state index in [1.165, 1.54) is 23.1 Å². The van der Waals surface area contributed by atoms with Crippen LogP contribution in [0.3, 0.4) is 0 Å². The first-order valence-corrected chi connectivity index (χ1v) is 11.2. The van der Waals surface area contributed by atoms with Gasteiger partial charge in [-0.15, -0.1) is 0 Å². The van der Waals surface area contributed by atoms with E-state index in [-0.39, 0.29) is 23.3 Å². The van der Waals surface area contributed by atoms with E-state index < -0.39 is 16.1 Å². The molecule has 1 atom stereocenters. The van der Waals surface area contributed by atoms with Crippen molar-refractivity contribution in [2.24, 2.45) is 0 Å². The lowest BCUT2D eigenvalue weighted by molar-refractivity contribution is -0.126. The van der Waals surface area contributed by atoms with Gasteiger partial charge in [0.25, 0.3) is 15.9 Å². The third-order valence-electron chi connectivity index (χ3n) is 5.34. The number of allylic oxidation sites excluding steroid dienone is 1. The Labute approximate surface area is 179 Å². The molecule has 0 aliphatic carbocycles. The molecule has 0 radical (unpaired) electrons. The number of carbonyl (C=O) groups is 2. The molecule has 2 aromatic rings. The number of hydrogen-bond donors (Lipinski definition) is 2. The van der Waals surface area contributed by atoms with E-state index in [0.29, 0.717) is 40.4 Å². The van der Waals surface area contributed by atoms with Gasteiger partial charge in [0.05, 0.1) is 4.90 Å². The Balaban J connectivity index is 1.56. The topological polar surface area (TPSA) is 95.6 Å². The Bertz CT molecular complexity index is 1190. The Morgan fingerprint density at radius 1 is 1.20 bits per heavy atom. The van der Waals surface area contributed by atoms with Crippen molar-refractivity contribution in [3.63, 3.8) is 0 Å². The van der Waals surface area contributed by atoms with Crippen LogP contribution in [0.5, 0.6) is 0 Å². The van der Waals surface area contributed by atoms with E-state index in [0.717, 1.165) is 5.56 Å². The fourth-order valence-corrected chi connectivity index (χ4v) is 4.99. The fraction of sp³-hybridized carbons (Fsp3) is 0.238. The highest BCUT2D eigenvalue weighted by molar-refractivity contribution is 7.92. The Morgan fingerprint density at radius 2 is 1.97 bits per heavy atom. The van der Waals surface area contributed by atoms with Gasteiger partial charge in [0, 0.05) is 28.5 Å². The molecule has 0 saturated carbocycles. The maximum Gasteiger partial charge on any atom is 0.261 e. The predicted octanol–water partition coefficient (Wildman–Crippen LogP) is 3.20. The number of nitrogens with one attached hydrogen (secondary N) is 2. The molecule has 4 rings (SSSR count). The zero-order chi connectivity index (χ0) is 21.6. The smallest absolute Gasteiger partial charge is 0.261 e. The van der Waals surface area contributed by atoms with E-state index >= 15 is 0 Å². The molecule has 1 unspecified atom stereocenters. The van der Waals surface area contributed by atoms with Crippen LogP contribution >= 0.6 is 11.6 Å². The number of amides is 2. The minimum absolute atomic E-state index is 0.0513. The van der Waals surface area contributed by atoms with E-state index in [4.69, 9.17) is 11.6 Å². The molecule has 30 heavy (non-hydrogen) atoms. The SMILES string of the molecule is C=C1CCC(N2Cc3cc(NS(=O)(=O)c4ccc(C)c(Cl)c4)ccc3C2=O)C(=O)N1. The summed E-state index contributed by atoms with van der Waals surface area (Å²) in [6.07, 6.45) is 1.12. The normalized spacial score (nSPS) is 18.9. The number of carbonyl (C=O) groups excluding carboxylic acids is 2. The molecule has 1 fully saturated rings. The second kappa shape index (κ2) is 7.45. The lowest BCUT2D eigenvalue weighted by Crippen LogP contribution is -2.49. The van der Waals surface area contributed by atoms with Crippen molar-refractivity contribution < 1.29 is 18.0 Å². The number of benzene rings is 2. The summed E-state index contributed by atoms with van der Waals surface area (Å²) in [5.74, 6) is -0.484. The first-order valence-electron chi connectivity index (χ1n) is 9.37. The molecule has 0 aromatic heterocycles. The van der Waals surface area contributed by atoms with Gasteiger partial charge in [-0.25, -0.2) is 8.42 Å². The predicted molar refractivity (Wildman–Crippen MR) is 114 cm³/mol. The van der Waals surface area contributed by atoms with Crippen molar-refractivity contribution >= 4 is 39.1 Å². The number of anilines is 1. The molecular weight excluding hydrogens is 426 g/mol. The highest BCUT2D eigenvalue weighted by Gasteiger charge is 2.38. The third-order valence-corrected chi connectivity index (χ3v) is 7.13. The van der Waals surface area contributed by atoms with Gasteiger partial charge in [0.2, 0.25) is 5.91 Å². The van der Waals surface area contributed by atoms with Crippen molar-refractivity contribution in [2.75, 3.05) is 4.72 Å². The van der Waals surface area contributed by atoms with Gasteiger partial charge >= 0.3 is 0 Å². The number of rotatable bonds is 4. The number of halogens is 1. The van der Waals surface area contributed by atoms with Crippen LogP contribution in [0.2, 0.25) is 5.02 Å². The summed E-state index contributed by atoms with van der Waals surface area (Å²) in [5.41, 5.74) is 2.89. The summed E-state index contributed by atoms with van der Waals surface area (Å²) in [4.78, 5) is 26.6. The maximum atomic E-state index is 12.8. The Morgan fingerprint density at radius 3 is 2.67 bits per heavy atom. The van der Waals surface area contributed by atoms with E-state index in [1.54, 1.807) is 25.1 Å².